The van der Waals surface area contributed by atoms with Crippen molar-refractivity contribution in [2.75, 3.05) is 20.6 Å². The molecule has 0 unspecified atom stereocenters. The molecule has 3 N–H and O–H groups in total. The Hall–Kier alpha value is -0.860. The average molecular weight is 192 g/mol. The maximum atomic E-state index is 2.41. The second-order valence-corrected chi connectivity index (χ2v) is 4.56. The van der Waals surface area contributed by atoms with Gasteiger partial charge in [0.15, 0.2) is 6.04 Å². The molecule has 1 aliphatic heterocycles. The highest BCUT2D eigenvalue weighted by atomic mass is 15.1. The molecule has 1 aromatic rings. The minimum Gasteiger partial charge on any atom is -0.337 e. The van der Waals surface area contributed by atoms with Gasteiger partial charge < -0.3 is 10.2 Å². The summed E-state index contributed by atoms with van der Waals surface area (Å²) < 4.78 is 0. The van der Waals surface area contributed by atoms with E-state index in [1.54, 1.807) is 5.56 Å². The third-order valence-corrected chi connectivity index (χ3v) is 3.14. The van der Waals surface area contributed by atoms with Gasteiger partial charge in [-0.25, -0.2) is 0 Å². The molecule has 14 heavy (non-hydrogen) atoms. The van der Waals surface area contributed by atoms with Crippen molar-refractivity contribution in [1.29, 1.82) is 0 Å². The van der Waals surface area contributed by atoms with E-state index in [4.69, 9.17) is 0 Å². The Labute approximate surface area is 85.9 Å². The quantitative estimate of drug-likeness (QED) is 0.585. The van der Waals surface area contributed by atoms with Gasteiger partial charge in [-0.3, -0.25) is 0 Å². The summed E-state index contributed by atoms with van der Waals surface area (Å²) in [5.74, 6) is 0. The van der Waals surface area contributed by atoms with E-state index in [0.717, 1.165) is 6.54 Å². The molecule has 1 aliphatic rings. The predicted molar refractivity (Wildman–Crippen MR) is 57.2 cm³/mol. The molecule has 1 heterocycles. The van der Waals surface area contributed by atoms with E-state index < -0.39 is 0 Å². The first-order chi connectivity index (χ1) is 6.68. The first-order valence-electron chi connectivity index (χ1n) is 5.39. The molecule has 0 radical (unpaired) electrons. The number of nitrogens with two attached hydrogens (primary N) is 1. The Morgan fingerprint density at radius 1 is 1.36 bits per heavy atom. The van der Waals surface area contributed by atoms with Crippen LogP contribution in [-0.4, -0.2) is 20.6 Å². The largest absolute Gasteiger partial charge is 0.337 e. The summed E-state index contributed by atoms with van der Waals surface area (Å²) in [6.45, 7) is 4.55. The van der Waals surface area contributed by atoms with E-state index in [1.807, 2.05) is 0 Å². The van der Waals surface area contributed by atoms with E-state index in [0.29, 0.717) is 6.04 Å². The van der Waals surface area contributed by atoms with Crippen molar-refractivity contribution >= 4 is 0 Å². The Morgan fingerprint density at radius 2 is 2.14 bits per heavy atom. The van der Waals surface area contributed by atoms with Crippen molar-refractivity contribution < 1.29 is 10.2 Å². The van der Waals surface area contributed by atoms with Crippen LogP contribution in [0.15, 0.2) is 18.2 Å². The number of hydrogen-bond donors (Lipinski definition) is 2. The van der Waals surface area contributed by atoms with Crippen LogP contribution in [0.1, 0.15) is 22.7 Å². The average Bonchev–Trinajstić information content (AvgIpc) is 2.16. The number of likely N-dealkylation sites (N-methyl/N-ethyl adjacent to an activating group) is 1. The summed E-state index contributed by atoms with van der Waals surface area (Å²) in [4.78, 5) is 1.54. The second kappa shape index (κ2) is 3.71. The van der Waals surface area contributed by atoms with Crippen molar-refractivity contribution in [2.24, 2.45) is 0 Å². The minimum absolute atomic E-state index is 0.665. The number of aryl methyl sites for hydroxylation is 1. The van der Waals surface area contributed by atoms with Gasteiger partial charge in [0.25, 0.3) is 0 Å². The first kappa shape index (κ1) is 9.69. The topological polar surface area (TPSA) is 21.1 Å². The van der Waals surface area contributed by atoms with Crippen LogP contribution >= 0.6 is 0 Å². The molecule has 0 amide bonds. The Balaban J connectivity index is 2.41. The Kier molecular flexibility index (Phi) is 2.57. The highest BCUT2D eigenvalue weighted by Crippen LogP contribution is 2.18. The van der Waals surface area contributed by atoms with E-state index in [2.05, 4.69) is 44.5 Å². The third kappa shape index (κ3) is 1.68. The zero-order valence-electron chi connectivity index (χ0n) is 9.30. The number of fused-ring (bicyclic) bond motifs is 1. The van der Waals surface area contributed by atoms with Crippen molar-refractivity contribution in [2.45, 2.75) is 19.5 Å². The fraction of sp³-hybridized carbons (Fsp3) is 0.500. The molecule has 1 aromatic carbocycles. The first-order valence-corrected chi connectivity index (χ1v) is 5.39. The second-order valence-electron chi connectivity index (χ2n) is 4.56. The zero-order valence-corrected chi connectivity index (χ0v) is 9.30. The van der Waals surface area contributed by atoms with Gasteiger partial charge in [-0.15, -0.1) is 0 Å². The van der Waals surface area contributed by atoms with Crippen LogP contribution in [0, 0.1) is 6.92 Å². The summed E-state index contributed by atoms with van der Waals surface area (Å²) >= 11 is 0. The molecule has 0 aromatic heterocycles. The molecule has 0 spiro atoms. The summed E-state index contributed by atoms with van der Waals surface area (Å²) in [5.41, 5.74) is 4.47. The number of nitrogens with one attached hydrogen (secondary N) is 1. The maximum absolute atomic E-state index is 2.41. The molecule has 76 valence electrons. The van der Waals surface area contributed by atoms with Crippen molar-refractivity contribution in [3.8, 4) is 0 Å². The molecule has 1 atom stereocenters. The fourth-order valence-electron chi connectivity index (χ4n) is 2.30. The fourth-order valence-corrected chi connectivity index (χ4v) is 2.30. The SMILES string of the molecule is Cc1ccc2c(c1)[C@@H]([NH+](C)C)C[NH2+]C2. The normalized spacial score (nSPS) is 21.0. The monoisotopic (exact) mass is 192 g/mol. The van der Waals surface area contributed by atoms with Crippen LogP contribution in [0.5, 0.6) is 0 Å². The zero-order chi connectivity index (χ0) is 10.1. The molecule has 2 heteroatoms. The van der Waals surface area contributed by atoms with Crippen molar-refractivity contribution in [1.82, 2.24) is 0 Å². The lowest BCUT2D eigenvalue weighted by Gasteiger charge is -2.26. The van der Waals surface area contributed by atoms with Gasteiger partial charge in [-0.2, -0.15) is 0 Å². The molecule has 2 nitrogen and oxygen atoms in total. The molecule has 0 saturated carbocycles. The lowest BCUT2D eigenvalue weighted by molar-refractivity contribution is -0.912. The summed E-state index contributed by atoms with van der Waals surface area (Å²) in [6, 6.07) is 7.54. The van der Waals surface area contributed by atoms with E-state index in [1.165, 1.54) is 22.6 Å². The van der Waals surface area contributed by atoms with Gasteiger partial charge in [-0.05, 0) is 13.0 Å². The van der Waals surface area contributed by atoms with Crippen LogP contribution in [0.3, 0.4) is 0 Å². The molecular formula is C12H20N2+2. The van der Waals surface area contributed by atoms with Crippen LogP contribution in [0.25, 0.3) is 0 Å². The highest BCUT2D eigenvalue weighted by Gasteiger charge is 2.27. The standard InChI is InChI=1S/C12H18N2/c1-9-4-5-10-7-13-8-12(14(2)3)11(10)6-9/h4-6,12-13H,7-8H2,1-3H3/p+2/t12-/m0/s1. The van der Waals surface area contributed by atoms with Gasteiger partial charge in [0.05, 0.1) is 14.1 Å². The minimum atomic E-state index is 0.665. The van der Waals surface area contributed by atoms with Gasteiger partial charge in [-0.1, -0.05) is 17.7 Å². The van der Waals surface area contributed by atoms with E-state index >= 15 is 0 Å². The molecule has 0 fully saturated rings. The van der Waals surface area contributed by atoms with Gasteiger partial charge >= 0.3 is 0 Å². The van der Waals surface area contributed by atoms with Gasteiger partial charge in [0.1, 0.15) is 13.1 Å². The lowest BCUT2D eigenvalue weighted by atomic mass is 9.94. The summed E-state index contributed by atoms with van der Waals surface area (Å²) in [7, 11) is 4.49. The van der Waals surface area contributed by atoms with Crippen molar-refractivity contribution in [3.05, 3.63) is 34.9 Å². The van der Waals surface area contributed by atoms with Crippen LogP contribution in [-0.2, 0) is 6.54 Å². The highest BCUT2D eigenvalue weighted by molar-refractivity contribution is 5.33. The van der Waals surface area contributed by atoms with E-state index in [9.17, 15) is 0 Å². The summed E-state index contributed by atoms with van der Waals surface area (Å²) in [5, 5.41) is 2.41. The number of hydrogen-bond acceptors (Lipinski definition) is 0. The third-order valence-electron chi connectivity index (χ3n) is 3.14. The Bertz CT molecular complexity index is 331. The van der Waals surface area contributed by atoms with Crippen molar-refractivity contribution in [3.63, 3.8) is 0 Å². The van der Waals surface area contributed by atoms with Gasteiger partial charge in [0, 0.05) is 11.1 Å². The van der Waals surface area contributed by atoms with Gasteiger partial charge in [0.2, 0.25) is 0 Å². The number of rotatable bonds is 1. The lowest BCUT2D eigenvalue weighted by Crippen LogP contribution is -3.10. The predicted octanol–water partition coefficient (Wildman–Crippen LogP) is -0.742. The van der Waals surface area contributed by atoms with E-state index in [-0.39, 0.29) is 0 Å². The summed E-state index contributed by atoms with van der Waals surface area (Å²) in [6.07, 6.45) is 0. The molecule has 0 aliphatic carbocycles. The smallest absolute Gasteiger partial charge is 0.163 e. The van der Waals surface area contributed by atoms with Crippen LogP contribution in [0.4, 0.5) is 0 Å². The molecule has 0 bridgehead atoms. The molecular weight excluding hydrogens is 172 g/mol. The van der Waals surface area contributed by atoms with Crippen LogP contribution in [0.2, 0.25) is 0 Å². The number of benzene rings is 1. The Morgan fingerprint density at radius 3 is 2.86 bits per heavy atom. The molecule has 2 rings (SSSR count). The maximum Gasteiger partial charge on any atom is 0.163 e. The van der Waals surface area contributed by atoms with Crippen LogP contribution < -0.4 is 10.2 Å². The molecule has 0 saturated heterocycles. The number of quaternary nitrogens is 2.